The average Bonchev–Trinajstić information content (AvgIpc) is 3.16. The molecule has 32 heavy (non-hydrogen) atoms. The Morgan fingerprint density at radius 1 is 1.16 bits per heavy atom. The Bertz CT molecular complexity index is 1200. The number of rotatable bonds is 2. The third kappa shape index (κ3) is 3.21. The predicted molar refractivity (Wildman–Crippen MR) is 123 cm³/mol. The number of carbonyl (C=O) groups excluding carboxylic acids is 1. The standard InChI is InChI=1S/C26H29N3O3/c1-17-15-18(25(2,3)31)9-10-19(17)24(30)29-13-11-26(12-14-29)21-16-27-28(4)23(21)20-7-5-6-8-22(20)32-26/h5-10,15-16,31H,11-14H2,1-4H3. The molecule has 1 spiro atoms. The number of fused-ring (bicyclic) bond motifs is 4. The number of likely N-dealkylation sites (tertiary alicyclic amines) is 1. The number of benzene rings is 2. The molecule has 2 aliphatic rings. The number of amides is 1. The summed E-state index contributed by atoms with van der Waals surface area (Å²) in [5, 5.41) is 14.8. The Morgan fingerprint density at radius 3 is 2.56 bits per heavy atom. The minimum Gasteiger partial charge on any atom is -0.482 e. The van der Waals surface area contributed by atoms with Gasteiger partial charge in [-0.25, -0.2) is 0 Å². The second kappa shape index (κ2) is 7.20. The Balaban J connectivity index is 1.39. The third-order valence-electron chi connectivity index (χ3n) is 6.90. The van der Waals surface area contributed by atoms with E-state index in [9.17, 15) is 9.90 Å². The summed E-state index contributed by atoms with van der Waals surface area (Å²) in [5.74, 6) is 0.906. The molecule has 5 rings (SSSR count). The van der Waals surface area contributed by atoms with Gasteiger partial charge in [0.25, 0.3) is 5.91 Å². The fraction of sp³-hybridized carbons (Fsp3) is 0.385. The molecule has 0 saturated carbocycles. The number of aliphatic hydroxyl groups is 1. The van der Waals surface area contributed by atoms with Gasteiger partial charge in [0.1, 0.15) is 11.4 Å². The SMILES string of the molecule is Cc1cc(C(C)(C)O)ccc1C(=O)N1CCC2(CC1)Oc1ccccc1-c1c2cnn1C. The van der Waals surface area contributed by atoms with E-state index in [-0.39, 0.29) is 5.91 Å². The van der Waals surface area contributed by atoms with Crippen molar-refractivity contribution in [3.63, 3.8) is 0 Å². The van der Waals surface area contributed by atoms with Gasteiger partial charge in [0.2, 0.25) is 0 Å². The van der Waals surface area contributed by atoms with Crippen LogP contribution in [-0.4, -0.2) is 38.8 Å². The highest BCUT2D eigenvalue weighted by Gasteiger charge is 2.46. The lowest BCUT2D eigenvalue weighted by Gasteiger charge is -2.44. The van der Waals surface area contributed by atoms with Gasteiger partial charge in [-0.15, -0.1) is 0 Å². The molecule has 0 radical (unpaired) electrons. The van der Waals surface area contributed by atoms with Crippen LogP contribution in [0.3, 0.4) is 0 Å². The van der Waals surface area contributed by atoms with Gasteiger partial charge >= 0.3 is 0 Å². The van der Waals surface area contributed by atoms with Crippen molar-refractivity contribution in [3.8, 4) is 17.0 Å². The zero-order chi connectivity index (χ0) is 22.7. The maximum Gasteiger partial charge on any atom is 0.254 e. The first-order chi connectivity index (χ1) is 15.2. The summed E-state index contributed by atoms with van der Waals surface area (Å²) in [6.45, 7) is 6.66. The zero-order valence-corrected chi connectivity index (χ0v) is 19.1. The van der Waals surface area contributed by atoms with Gasteiger partial charge in [0.15, 0.2) is 0 Å². The van der Waals surface area contributed by atoms with Crippen LogP contribution in [0.2, 0.25) is 0 Å². The number of hydrogen-bond acceptors (Lipinski definition) is 4. The first kappa shape index (κ1) is 20.8. The van der Waals surface area contributed by atoms with Crippen LogP contribution in [0.1, 0.15) is 53.7 Å². The number of aromatic nitrogens is 2. The third-order valence-corrected chi connectivity index (χ3v) is 6.90. The quantitative estimate of drug-likeness (QED) is 0.662. The van der Waals surface area contributed by atoms with Gasteiger partial charge in [-0.05, 0) is 50.1 Å². The zero-order valence-electron chi connectivity index (χ0n) is 19.1. The molecular formula is C26H29N3O3. The van der Waals surface area contributed by atoms with Crippen molar-refractivity contribution in [1.29, 1.82) is 0 Å². The van der Waals surface area contributed by atoms with Gasteiger partial charge in [0, 0.05) is 49.7 Å². The van der Waals surface area contributed by atoms with E-state index in [1.165, 1.54) is 0 Å². The molecule has 6 heteroatoms. The number of ether oxygens (including phenoxy) is 1. The maximum atomic E-state index is 13.3. The van der Waals surface area contributed by atoms with E-state index in [1.54, 1.807) is 13.8 Å². The Hall–Kier alpha value is -3.12. The van der Waals surface area contributed by atoms with Crippen LogP contribution in [0.5, 0.6) is 5.75 Å². The molecule has 1 fully saturated rings. The van der Waals surface area contributed by atoms with Gasteiger partial charge in [-0.3, -0.25) is 9.48 Å². The number of hydrogen-bond donors (Lipinski definition) is 1. The molecule has 6 nitrogen and oxygen atoms in total. The number of carbonyl (C=O) groups is 1. The molecule has 2 aromatic carbocycles. The molecular weight excluding hydrogens is 402 g/mol. The fourth-order valence-corrected chi connectivity index (χ4v) is 5.00. The molecule has 0 bridgehead atoms. The smallest absolute Gasteiger partial charge is 0.254 e. The van der Waals surface area contributed by atoms with Crippen molar-refractivity contribution in [2.45, 2.75) is 44.8 Å². The van der Waals surface area contributed by atoms with E-state index < -0.39 is 11.2 Å². The Morgan fingerprint density at radius 2 is 1.88 bits per heavy atom. The van der Waals surface area contributed by atoms with E-state index in [1.807, 2.05) is 66.1 Å². The van der Waals surface area contributed by atoms with Crippen molar-refractivity contribution in [3.05, 3.63) is 70.9 Å². The highest BCUT2D eigenvalue weighted by atomic mass is 16.5. The molecule has 166 valence electrons. The molecule has 3 heterocycles. The summed E-state index contributed by atoms with van der Waals surface area (Å²) in [6, 6.07) is 13.7. The molecule has 1 N–H and O–H groups in total. The van der Waals surface area contributed by atoms with E-state index in [4.69, 9.17) is 4.74 Å². The second-order valence-corrected chi connectivity index (χ2v) is 9.50. The van der Waals surface area contributed by atoms with Crippen molar-refractivity contribution >= 4 is 5.91 Å². The first-order valence-electron chi connectivity index (χ1n) is 11.1. The molecule has 1 amide bonds. The molecule has 0 aliphatic carbocycles. The van der Waals surface area contributed by atoms with Gasteiger partial charge in [0.05, 0.1) is 17.5 Å². The monoisotopic (exact) mass is 431 g/mol. The average molecular weight is 432 g/mol. The lowest BCUT2D eigenvalue weighted by Crippen LogP contribution is -2.49. The predicted octanol–water partition coefficient (Wildman–Crippen LogP) is 4.15. The lowest BCUT2D eigenvalue weighted by atomic mass is 9.81. The number of aryl methyl sites for hydroxylation is 2. The topological polar surface area (TPSA) is 67.6 Å². The van der Waals surface area contributed by atoms with E-state index in [0.29, 0.717) is 31.5 Å². The molecule has 1 aromatic heterocycles. The largest absolute Gasteiger partial charge is 0.482 e. The first-order valence-corrected chi connectivity index (χ1v) is 11.1. The van der Waals surface area contributed by atoms with E-state index in [0.717, 1.165) is 33.7 Å². The van der Waals surface area contributed by atoms with Crippen LogP contribution in [-0.2, 0) is 18.2 Å². The fourth-order valence-electron chi connectivity index (χ4n) is 5.00. The van der Waals surface area contributed by atoms with Crippen LogP contribution in [0.15, 0.2) is 48.7 Å². The van der Waals surface area contributed by atoms with Crippen molar-refractivity contribution in [2.24, 2.45) is 7.05 Å². The minimum atomic E-state index is -0.931. The summed E-state index contributed by atoms with van der Waals surface area (Å²) in [6.07, 6.45) is 3.35. The molecule has 0 unspecified atom stereocenters. The summed E-state index contributed by atoms with van der Waals surface area (Å²) in [7, 11) is 1.97. The van der Waals surface area contributed by atoms with Crippen LogP contribution in [0.25, 0.3) is 11.3 Å². The second-order valence-electron chi connectivity index (χ2n) is 9.50. The van der Waals surface area contributed by atoms with Gasteiger partial charge in [-0.1, -0.05) is 24.3 Å². The highest BCUT2D eigenvalue weighted by molar-refractivity contribution is 5.95. The molecule has 1 saturated heterocycles. The number of piperidine rings is 1. The maximum absolute atomic E-state index is 13.3. The van der Waals surface area contributed by atoms with Crippen molar-refractivity contribution in [2.75, 3.05) is 13.1 Å². The Kier molecular flexibility index (Phi) is 4.67. The van der Waals surface area contributed by atoms with Crippen molar-refractivity contribution < 1.29 is 14.6 Å². The summed E-state index contributed by atoms with van der Waals surface area (Å²) >= 11 is 0. The molecule has 3 aromatic rings. The van der Waals surface area contributed by atoms with E-state index in [2.05, 4.69) is 11.2 Å². The normalized spacial score (nSPS) is 17.0. The Labute approximate surface area is 188 Å². The highest BCUT2D eigenvalue weighted by Crippen LogP contribution is 2.49. The lowest BCUT2D eigenvalue weighted by molar-refractivity contribution is -0.00176. The summed E-state index contributed by atoms with van der Waals surface area (Å²) < 4.78 is 8.51. The molecule has 0 atom stereocenters. The van der Waals surface area contributed by atoms with Crippen molar-refractivity contribution in [1.82, 2.24) is 14.7 Å². The van der Waals surface area contributed by atoms with Crippen LogP contribution in [0, 0.1) is 6.92 Å². The minimum absolute atomic E-state index is 0.0299. The summed E-state index contributed by atoms with van der Waals surface area (Å²) in [5.41, 5.74) is 4.25. The van der Waals surface area contributed by atoms with Crippen LogP contribution >= 0.6 is 0 Å². The number of para-hydroxylation sites is 1. The van der Waals surface area contributed by atoms with Crippen LogP contribution < -0.4 is 4.74 Å². The van der Waals surface area contributed by atoms with E-state index >= 15 is 0 Å². The molecule has 2 aliphatic heterocycles. The summed E-state index contributed by atoms with van der Waals surface area (Å²) in [4.78, 5) is 15.2. The van der Waals surface area contributed by atoms with Gasteiger partial charge in [-0.2, -0.15) is 5.10 Å². The van der Waals surface area contributed by atoms with Crippen LogP contribution in [0.4, 0.5) is 0 Å². The number of nitrogens with zero attached hydrogens (tertiary/aromatic N) is 3. The van der Waals surface area contributed by atoms with Gasteiger partial charge < -0.3 is 14.7 Å².